The van der Waals surface area contributed by atoms with Crippen molar-refractivity contribution >= 4 is 28.4 Å². The Balaban J connectivity index is 0.000000269. The summed E-state index contributed by atoms with van der Waals surface area (Å²) in [5.41, 5.74) is 6.59. The number of ketones is 1. The Morgan fingerprint density at radius 1 is 0.977 bits per heavy atom. The van der Waals surface area contributed by atoms with Crippen molar-refractivity contribution in [1.29, 1.82) is 0 Å². The molecule has 226 valence electrons. The topological polar surface area (TPSA) is 73.0 Å². The Bertz CT molecular complexity index is 1680. The number of carbonyl (C=O) groups excluding carboxylic acids is 2. The van der Waals surface area contributed by atoms with Crippen LogP contribution in [0.25, 0.3) is 21.3 Å². The number of allylic oxidation sites excluding steroid dienone is 2. The standard InChI is InChI=1S/C24H31N3O3.C12H12O/c1-17-7-8-19-18(2)16-21(28)27(20(19)15-17)14-11-24(25-6)9-12-26(13-10-24)22(29)30-23(3,4)5;1-8-3-4-12-9(2)6-11(13)7-10(12)5-8/h7-8,15-16H,9-14H2,1-5H3;3-6H,7H2,1-2H3. The highest BCUT2D eigenvalue weighted by Crippen LogP contribution is 2.32. The Hall–Kier alpha value is -4.18. The summed E-state index contributed by atoms with van der Waals surface area (Å²) in [6, 6.07) is 14.1. The van der Waals surface area contributed by atoms with Crippen LogP contribution < -0.4 is 5.56 Å². The van der Waals surface area contributed by atoms with E-state index in [1.165, 1.54) is 16.7 Å². The molecule has 5 rings (SSSR count). The van der Waals surface area contributed by atoms with Crippen molar-refractivity contribution in [3.63, 3.8) is 0 Å². The molecule has 0 N–H and O–H groups in total. The van der Waals surface area contributed by atoms with Crippen LogP contribution in [0, 0.1) is 27.3 Å². The van der Waals surface area contributed by atoms with Gasteiger partial charge in [-0.1, -0.05) is 35.9 Å². The molecule has 7 heteroatoms. The maximum atomic E-state index is 12.7. The van der Waals surface area contributed by atoms with E-state index in [-0.39, 0.29) is 17.4 Å². The zero-order valence-corrected chi connectivity index (χ0v) is 26.5. The second kappa shape index (κ2) is 12.6. The highest BCUT2D eigenvalue weighted by molar-refractivity contribution is 6.01. The molecule has 1 fully saturated rings. The fourth-order valence-electron chi connectivity index (χ4n) is 5.87. The second-order valence-electron chi connectivity index (χ2n) is 13.0. The number of piperidine rings is 1. The molecule has 2 heterocycles. The smallest absolute Gasteiger partial charge is 0.410 e. The van der Waals surface area contributed by atoms with E-state index in [1.807, 2.05) is 47.6 Å². The lowest BCUT2D eigenvalue weighted by Gasteiger charge is -2.35. The zero-order chi connectivity index (χ0) is 31.5. The van der Waals surface area contributed by atoms with E-state index in [1.54, 1.807) is 21.6 Å². The van der Waals surface area contributed by atoms with Crippen LogP contribution >= 0.6 is 0 Å². The van der Waals surface area contributed by atoms with Crippen molar-refractivity contribution in [2.75, 3.05) is 13.1 Å². The molecule has 1 saturated heterocycles. The summed E-state index contributed by atoms with van der Waals surface area (Å²) in [5, 5.41) is 1.07. The Morgan fingerprint density at radius 2 is 1.63 bits per heavy atom. The Labute approximate surface area is 255 Å². The quantitative estimate of drug-likeness (QED) is 0.306. The number of amides is 1. The fraction of sp³-hybridized carbons (Fsp3) is 0.444. The number of fused-ring (bicyclic) bond motifs is 2. The summed E-state index contributed by atoms with van der Waals surface area (Å²) in [6.07, 6.45) is 3.74. The molecule has 0 unspecified atom stereocenters. The second-order valence-corrected chi connectivity index (χ2v) is 13.0. The first-order valence-electron chi connectivity index (χ1n) is 15.0. The number of likely N-dealkylation sites (tertiary alicyclic amines) is 1. The van der Waals surface area contributed by atoms with Gasteiger partial charge in [-0.15, -0.1) is 0 Å². The van der Waals surface area contributed by atoms with Crippen molar-refractivity contribution < 1.29 is 14.3 Å². The molecule has 1 aromatic heterocycles. The minimum atomic E-state index is -0.557. The van der Waals surface area contributed by atoms with Crippen LogP contribution in [0.1, 0.15) is 74.8 Å². The highest BCUT2D eigenvalue weighted by atomic mass is 16.6. The monoisotopic (exact) mass is 581 g/mol. The average Bonchev–Trinajstić information content (AvgIpc) is 2.92. The highest BCUT2D eigenvalue weighted by Gasteiger charge is 2.42. The van der Waals surface area contributed by atoms with Gasteiger partial charge in [-0.05, 0) is 88.4 Å². The van der Waals surface area contributed by atoms with Crippen molar-refractivity contribution in [1.82, 2.24) is 9.47 Å². The van der Waals surface area contributed by atoms with Gasteiger partial charge in [-0.25, -0.2) is 11.4 Å². The van der Waals surface area contributed by atoms with Crippen LogP contribution in [0.15, 0.2) is 53.3 Å². The number of nitrogens with zero attached hydrogens (tertiary/aromatic N) is 3. The first-order valence-corrected chi connectivity index (χ1v) is 15.0. The molecule has 0 bridgehead atoms. The third kappa shape index (κ3) is 7.62. The van der Waals surface area contributed by atoms with Crippen LogP contribution in [0.3, 0.4) is 0 Å². The molecule has 3 aromatic rings. The Kier molecular flexibility index (Phi) is 9.29. The van der Waals surface area contributed by atoms with Gasteiger partial charge in [0.05, 0.1) is 5.52 Å². The molecule has 0 spiro atoms. The van der Waals surface area contributed by atoms with Crippen molar-refractivity contribution in [2.45, 2.75) is 91.8 Å². The maximum Gasteiger partial charge on any atom is 0.410 e. The van der Waals surface area contributed by atoms with Gasteiger partial charge >= 0.3 is 6.09 Å². The van der Waals surface area contributed by atoms with Gasteiger partial charge in [-0.3, -0.25) is 9.59 Å². The zero-order valence-electron chi connectivity index (χ0n) is 26.5. The van der Waals surface area contributed by atoms with E-state index >= 15 is 0 Å². The average molecular weight is 582 g/mol. The van der Waals surface area contributed by atoms with Gasteiger partial charge < -0.3 is 19.0 Å². The molecule has 1 aliphatic heterocycles. The predicted octanol–water partition coefficient (Wildman–Crippen LogP) is 7.22. The summed E-state index contributed by atoms with van der Waals surface area (Å²) in [6.45, 7) is 22.9. The van der Waals surface area contributed by atoms with E-state index in [9.17, 15) is 14.4 Å². The van der Waals surface area contributed by atoms with Crippen LogP contribution in [0.4, 0.5) is 4.79 Å². The number of ether oxygens (including phenoxy) is 1. The minimum absolute atomic E-state index is 0.0306. The van der Waals surface area contributed by atoms with E-state index in [0.717, 1.165) is 27.6 Å². The van der Waals surface area contributed by atoms with E-state index in [0.29, 0.717) is 45.3 Å². The summed E-state index contributed by atoms with van der Waals surface area (Å²) >= 11 is 0. The molecule has 2 aliphatic rings. The van der Waals surface area contributed by atoms with E-state index in [4.69, 9.17) is 11.3 Å². The van der Waals surface area contributed by atoms with Crippen LogP contribution in [-0.4, -0.2) is 45.6 Å². The van der Waals surface area contributed by atoms with Crippen LogP contribution in [0.5, 0.6) is 0 Å². The molecule has 0 saturated carbocycles. The van der Waals surface area contributed by atoms with Gasteiger partial charge in [0.2, 0.25) is 5.54 Å². The summed E-state index contributed by atoms with van der Waals surface area (Å²) in [5.74, 6) is 0.218. The fourth-order valence-corrected chi connectivity index (χ4v) is 5.87. The SMILES string of the molecule is CC1=CC(=O)Cc2cc(C)ccc21.[C-]#[N+]C1(CCn2c(=O)cc(C)c3ccc(C)cc32)CCN(C(=O)OC(C)(C)C)CC1. The normalized spacial score (nSPS) is 16.0. The first-order chi connectivity index (χ1) is 20.2. The van der Waals surface area contributed by atoms with Crippen LogP contribution in [-0.2, 0) is 22.5 Å². The van der Waals surface area contributed by atoms with Gasteiger partial charge in [0, 0.05) is 56.8 Å². The molecule has 0 radical (unpaired) electrons. The van der Waals surface area contributed by atoms with Crippen LogP contribution in [0.2, 0.25) is 0 Å². The summed E-state index contributed by atoms with van der Waals surface area (Å²) < 4.78 is 7.25. The largest absolute Gasteiger partial charge is 0.444 e. The number of rotatable bonds is 3. The molecular formula is C36H43N3O4. The van der Waals surface area contributed by atoms with Gasteiger partial charge in [0.15, 0.2) is 5.78 Å². The van der Waals surface area contributed by atoms with E-state index in [2.05, 4.69) is 42.1 Å². The number of hydrogen-bond acceptors (Lipinski definition) is 4. The molecule has 43 heavy (non-hydrogen) atoms. The number of aryl methyl sites for hydroxylation is 4. The number of carbonyl (C=O) groups is 2. The van der Waals surface area contributed by atoms with Gasteiger partial charge in [-0.2, -0.15) is 0 Å². The molecule has 2 aromatic carbocycles. The van der Waals surface area contributed by atoms with Crippen molar-refractivity contribution in [3.8, 4) is 0 Å². The predicted molar refractivity (Wildman–Crippen MR) is 172 cm³/mol. The Morgan fingerprint density at radius 3 is 2.28 bits per heavy atom. The van der Waals surface area contributed by atoms with Gasteiger partial charge in [0.1, 0.15) is 5.60 Å². The lowest BCUT2D eigenvalue weighted by atomic mass is 9.85. The van der Waals surface area contributed by atoms with Crippen molar-refractivity contribution in [2.24, 2.45) is 0 Å². The summed E-state index contributed by atoms with van der Waals surface area (Å²) in [4.78, 5) is 42.0. The number of aromatic nitrogens is 1. The third-order valence-corrected chi connectivity index (χ3v) is 8.29. The molecule has 1 aliphatic carbocycles. The van der Waals surface area contributed by atoms with Gasteiger partial charge in [0.25, 0.3) is 5.56 Å². The lowest BCUT2D eigenvalue weighted by molar-refractivity contribution is -0.114. The number of benzene rings is 2. The molecule has 1 amide bonds. The molecule has 7 nitrogen and oxygen atoms in total. The van der Waals surface area contributed by atoms with E-state index < -0.39 is 11.1 Å². The minimum Gasteiger partial charge on any atom is -0.444 e. The van der Waals surface area contributed by atoms with Crippen molar-refractivity contribution in [3.05, 3.63) is 98.1 Å². The maximum absolute atomic E-state index is 12.7. The molecule has 0 atom stereocenters. The number of hydrogen-bond donors (Lipinski definition) is 0. The third-order valence-electron chi connectivity index (χ3n) is 8.29. The lowest BCUT2D eigenvalue weighted by Crippen LogP contribution is -2.47. The summed E-state index contributed by atoms with van der Waals surface area (Å²) in [7, 11) is 0. The first kappa shape index (κ1) is 31.7. The number of pyridine rings is 1. The molecular weight excluding hydrogens is 538 g/mol.